The molecule has 11 heteroatoms. The molecule has 0 saturated heterocycles. The summed E-state index contributed by atoms with van der Waals surface area (Å²) in [4.78, 5) is 17.6. The van der Waals surface area contributed by atoms with Gasteiger partial charge in [-0.2, -0.15) is 4.98 Å². The van der Waals surface area contributed by atoms with Crippen LogP contribution in [0.1, 0.15) is 5.69 Å². The molecule has 1 heterocycles. The minimum absolute atomic E-state index is 0.0448. The lowest BCUT2D eigenvalue weighted by atomic mass is 10.3. The van der Waals surface area contributed by atoms with Crippen LogP contribution in [0.3, 0.4) is 0 Å². The Balaban J connectivity index is 2.92. The topological polar surface area (TPSA) is 127 Å². The van der Waals surface area contributed by atoms with E-state index in [1.54, 1.807) is 0 Å². The number of aromatic nitrogens is 2. The summed E-state index contributed by atoms with van der Waals surface area (Å²) in [5, 5.41) is 13.3. The third-order valence-electron chi connectivity index (χ3n) is 2.19. The maximum Gasteiger partial charge on any atom is 0.332 e. The van der Waals surface area contributed by atoms with Gasteiger partial charge in [0.15, 0.2) is 0 Å². The van der Waals surface area contributed by atoms with Gasteiger partial charge in [0.2, 0.25) is 21.1 Å². The van der Waals surface area contributed by atoms with Gasteiger partial charge >= 0.3 is 5.69 Å². The van der Waals surface area contributed by atoms with Gasteiger partial charge in [-0.1, -0.05) is 0 Å². The first-order chi connectivity index (χ1) is 8.76. The van der Waals surface area contributed by atoms with E-state index in [2.05, 4.69) is 20.0 Å². The third kappa shape index (κ3) is 4.26. The van der Waals surface area contributed by atoms with Crippen LogP contribution < -0.4 is 10.0 Å². The highest BCUT2D eigenvalue weighted by molar-refractivity contribution is 7.89. The highest BCUT2D eigenvalue weighted by Gasteiger charge is 2.21. The predicted octanol–water partition coefficient (Wildman–Crippen LogP) is 0.308. The first-order valence-electron chi connectivity index (χ1n) is 5.10. The van der Waals surface area contributed by atoms with Crippen molar-refractivity contribution in [2.45, 2.75) is 6.92 Å². The molecule has 19 heavy (non-hydrogen) atoms. The molecule has 1 aromatic rings. The minimum Gasteiger partial charge on any atom is -0.363 e. The Morgan fingerprint density at radius 3 is 2.58 bits per heavy atom. The molecule has 0 aliphatic carbocycles. The van der Waals surface area contributed by atoms with E-state index in [4.69, 9.17) is 11.6 Å². The van der Waals surface area contributed by atoms with Crippen molar-refractivity contribution in [2.75, 3.05) is 24.7 Å². The van der Waals surface area contributed by atoms with Gasteiger partial charge in [0.25, 0.3) is 0 Å². The second-order valence-corrected chi connectivity index (χ2v) is 5.87. The molecule has 0 amide bonds. The average molecular weight is 310 g/mol. The largest absolute Gasteiger partial charge is 0.363 e. The fraction of sp³-hybridized carbons (Fsp3) is 0.500. The number of hydrogen-bond acceptors (Lipinski definition) is 7. The van der Waals surface area contributed by atoms with Crippen LogP contribution in [0.25, 0.3) is 0 Å². The van der Waals surface area contributed by atoms with Crippen molar-refractivity contribution in [1.82, 2.24) is 14.7 Å². The quantitative estimate of drug-likeness (QED) is 0.439. The van der Waals surface area contributed by atoms with Crippen LogP contribution in [-0.2, 0) is 10.0 Å². The highest BCUT2D eigenvalue weighted by atomic mass is 35.5. The van der Waals surface area contributed by atoms with Crippen molar-refractivity contribution in [1.29, 1.82) is 0 Å². The Bertz CT molecular complexity index is 591. The molecule has 0 fully saturated rings. The van der Waals surface area contributed by atoms with Gasteiger partial charge < -0.3 is 5.32 Å². The molecule has 0 saturated carbocycles. The van der Waals surface area contributed by atoms with Gasteiger partial charge in [0.05, 0.1) is 10.7 Å². The minimum atomic E-state index is -3.40. The first-order valence-corrected chi connectivity index (χ1v) is 7.13. The lowest BCUT2D eigenvalue weighted by molar-refractivity contribution is -0.385. The van der Waals surface area contributed by atoms with Crippen LogP contribution >= 0.6 is 11.6 Å². The molecule has 0 radical (unpaired) electrons. The molecule has 9 nitrogen and oxygen atoms in total. The smallest absolute Gasteiger partial charge is 0.332 e. The second-order valence-electron chi connectivity index (χ2n) is 3.48. The van der Waals surface area contributed by atoms with E-state index in [0.29, 0.717) is 0 Å². The summed E-state index contributed by atoms with van der Waals surface area (Å²) in [6.07, 6.45) is 0. The molecule has 0 aromatic carbocycles. The molecule has 106 valence electrons. The zero-order valence-electron chi connectivity index (χ0n) is 10.2. The van der Waals surface area contributed by atoms with Crippen molar-refractivity contribution in [2.24, 2.45) is 0 Å². The summed E-state index contributed by atoms with van der Waals surface area (Å²) in [5.41, 5.74) is -0.227. The zero-order chi connectivity index (χ0) is 14.6. The number of halogens is 1. The molecular formula is C8H12ClN5O4S. The third-order valence-corrected chi connectivity index (χ3v) is 3.72. The number of rotatable bonds is 6. The van der Waals surface area contributed by atoms with Crippen molar-refractivity contribution in [3.8, 4) is 0 Å². The van der Waals surface area contributed by atoms with Gasteiger partial charge in [-0.3, -0.25) is 10.1 Å². The molecule has 1 aromatic heterocycles. The second kappa shape index (κ2) is 6.08. The Morgan fingerprint density at radius 2 is 2.05 bits per heavy atom. The van der Waals surface area contributed by atoms with E-state index >= 15 is 0 Å². The molecule has 0 unspecified atom stereocenters. The maximum absolute atomic E-state index is 11.2. The predicted molar refractivity (Wildman–Crippen MR) is 69.8 cm³/mol. The summed E-state index contributed by atoms with van der Waals surface area (Å²) >= 11 is 5.61. The van der Waals surface area contributed by atoms with Crippen LogP contribution in [0.2, 0.25) is 5.28 Å². The molecule has 2 N–H and O–H groups in total. The number of sulfonamides is 1. The average Bonchev–Trinajstić information content (AvgIpc) is 2.27. The summed E-state index contributed by atoms with van der Waals surface area (Å²) in [6, 6.07) is 0. The molecule has 0 atom stereocenters. The van der Waals surface area contributed by atoms with E-state index in [-0.39, 0.29) is 34.8 Å². The molecular weight excluding hydrogens is 298 g/mol. The van der Waals surface area contributed by atoms with Crippen LogP contribution in [0.4, 0.5) is 11.5 Å². The zero-order valence-corrected chi connectivity index (χ0v) is 11.7. The normalized spacial score (nSPS) is 11.3. The molecule has 0 spiro atoms. The number of hydrogen-bond donors (Lipinski definition) is 2. The van der Waals surface area contributed by atoms with Crippen molar-refractivity contribution in [3.05, 3.63) is 21.1 Å². The van der Waals surface area contributed by atoms with E-state index in [1.165, 1.54) is 14.0 Å². The van der Waals surface area contributed by atoms with Crippen LogP contribution in [0.5, 0.6) is 0 Å². The summed E-state index contributed by atoms with van der Waals surface area (Å²) in [6.45, 7) is 1.37. The van der Waals surface area contributed by atoms with E-state index in [1.807, 2.05) is 0 Å². The highest BCUT2D eigenvalue weighted by Crippen LogP contribution is 2.26. The van der Waals surface area contributed by atoms with Gasteiger partial charge in [-0.25, -0.2) is 18.1 Å². The van der Waals surface area contributed by atoms with Crippen molar-refractivity contribution in [3.63, 3.8) is 0 Å². The SMILES string of the molecule is CNS(=O)(=O)CCNc1nc(Cl)nc(C)c1[N+](=O)[O-]. The van der Waals surface area contributed by atoms with Gasteiger partial charge in [-0.05, 0) is 25.6 Å². The van der Waals surface area contributed by atoms with Crippen molar-refractivity contribution >= 4 is 33.1 Å². The van der Waals surface area contributed by atoms with Crippen LogP contribution in [0, 0.1) is 17.0 Å². The Kier molecular flexibility index (Phi) is 4.97. The lowest BCUT2D eigenvalue weighted by Crippen LogP contribution is -2.26. The Labute approximate surface area is 114 Å². The van der Waals surface area contributed by atoms with E-state index in [0.717, 1.165) is 0 Å². The Morgan fingerprint density at radius 1 is 1.42 bits per heavy atom. The van der Waals surface area contributed by atoms with Crippen LogP contribution in [0.15, 0.2) is 0 Å². The standard InChI is InChI=1S/C8H12ClN5O4S/c1-5-6(14(15)16)7(13-8(9)12-5)11-3-4-19(17,18)10-2/h10H,3-4H2,1-2H3,(H,11,12,13). The number of anilines is 1. The molecule has 0 aliphatic heterocycles. The van der Waals surface area contributed by atoms with E-state index in [9.17, 15) is 18.5 Å². The van der Waals surface area contributed by atoms with Crippen LogP contribution in [-0.4, -0.2) is 42.7 Å². The van der Waals surface area contributed by atoms with Gasteiger partial charge in [0, 0.05) is 6.54 Å². The fourth-order valence-corrected chi connectivity index (χ4v) is 2.07. The number of aryl methyl sites for hydroxylation is 1. The Hall–Kier alpha value is -1.52. The monoisotopic (exact) mass is 309 g/mol. The first kappa shape index (κ1) is 15.5. The van der Waals surface area contributed by atoms with Gasteiger partial charge in [-0.15, -0.1) is 0 Å². The summed E-state index contributed by atoms with van der Waals surface area (Å²) in [7, 11) is -2.12. The lowest BCUT2D eigenvalue weighted by Gasteiger charge is -2.07. The van der Waals surface area contributed by atoms with Crippen molar-refractivity contribution < 1.29 is 13.3 Å². The number of nitro groups is 1. The molecule has 1 rings (SSSR count). The fourth-order valence-electron chi connectivity index (χ4n) is 1.28. The number of nitrogens with zero attached hydrogens (tertiary/aromatic N) is 3. The summed E-state index contributed by atoms with van der Waals surface area (Å²) < 4.78 is 24.5. The molecule has 0 aliphatic rings. The van der Waals surface area contributed by atoms with Gasteiger partial charge in [0.1, 0.15) is 5.69 Å². The summed E-state index contributed by atoms with van der Waals surface area (Å²) in [5.74, 6) is -0.352. The van der Waals surface area contributed by atoms with E-state index < -0.39 is 14.9 Å². The number of nitrogens with one attached hydrogen (secondary N) is 2. The molecule has 0 bridgehead atoms. The maximum atomic E-state index is 11.2.